The molecule has 0 unspecified atom stereocenters. The van der Waals surface area contributed by atoms with Crippen LogP contribution in [0.1, 0.15) is 5.56 Å². The lowest BCUT2D eigenvalue weighted by Gasteiger charge is -2.14. The summed E-state index contributed by atoms with van der Waals surface area (Å²) < 4.78 is 10.6. The molecular weight excluding hydrogens is 316 g/mol. The van der Waals surface area contributed by atoms with E-state index in [1.807, 2.05) is 55.5 Å². The van der Waals surface area contributed by atoms with Crippen LogP contribution in [-0.2, 0) is 0 Å². The van der Waals surface area contributed by atoms with Crippen molar-refractivity contribution in [3.63, 3.8) is 0 Å². The van der Waals surface area contributed by atoms with Crippen molar-refractivity contribution in [1.29, 1.82) is 0 Å². The number of hydrogen-bond donors (Lipinski definition) is 2. The molecule has 0 aliphatic rings. The van der Waals surface area contributed by atoms with E-state index in [4.69, 9.17) is 9.47 Å². The van der Waals surface area contributed by atoms with Crippen LogP contribution in [-0.4, -0.2) is 20.3 Å². The molecule has 0 bridgehead atoms. The Morgan fingerprint density at radius 3 is 2.24 bits per heavy atom. The standard InChI is InChI=1S/C20H20N2O3/c1-13-11-18(24-2)19(25-3)12-17(13)22-20(23)21-16-10-6-8-14-7-4-5-9-15(14)16/h4-12H,1-3H3,(H2,21,22,23). The second-order valence-electron chi connectivity index (χ2n) is 5.63. The lowest BCUT2D eigenvalue weighted by Crippen LogP contribution is -2.20. The van der Waals surface area contributed by atoms with Gasteiger partial charge in [0.2, 0.25) is 0 Å². The van der Waals surface area contributed by atoms with E-state index < -0.39 is 0 Å². The van der Waals surface area contributed by atoms with Crippen molar-refractivity contribution in [1.82, 2.24) is 0 Å². The van der Waals surface area contributed by atoms with E-state index in [0.717, 1.165) is 22.0 Å². The molecule has 0 aromatic heterocycles. The van der Waals surface area contributed by atoms with Crippen molar-refractivity contribution in [2.24, 2.45) is 0 Å². The molecule has 0 aliphatic carbocycles. The van der Waals surface area contributed by atoms with Crippen molar-refractivity contribution in [2.75, 3.05) is 24.9 Å². The number of benzene rings is 3. The Kier molecular flexibility index (Phi) is 4.75. The number of urea groups is 1. The van der Waals surface area contributed by atoms with Gasteiger partial charge in [-0.2, -0.15) is 0 Å². The Morgan fingerprint density at radius 2 is 1.48 bits per heavy atom. The maximum Gasteiger partial charge on any atom is 0.323 e. The third-order valence-electron chi connectivity index (χ3n) is 4.02. The molecule has 128 valence electrons. The third-order valence-corrected chi connectivity index (χ3v) is 4.02. The molecule has 0 heterocycles. The van der Waals surface area contributed by atoms with Gasteiger partial charge in [-0.25, -0.2) is 4.79 Å². The molecule has 2 N–H and O–H groups in total. The number of carbonyl (C=O) groups is 1. The van der Waals surface area contributed by atoms with Gasteiger partial charge >= 0.3 is 6.03 Å². The lowest BCUT2D eigenvalue weighted by atomic mass is 10.1. The molecule has 0 aliphatic heterocycles. The zero-order valence-electron chi connectivity index (χ0n) is 14.4. The molecule has 0 saturated carbocycles. The molecule has 0 spiro atoms. The first kappa shape index (κ1) is 16.6. The van der Waals surface area contributed by atoms with Crippen molar-refractivity contribution in [3.8, 4) is 11.5 Å². The highest BCUT2D eigenvalue weighted by molar-refractivity contribution is 6.06. The summed E-state index contributed by atoms with van der Waals surface area (Å²) >= 11 is 0. The highest BCUT2D eigenvalue weighted by Gasteiger charge is 2.12. The summed E-state index contributed by atoms with van der Waals surface area (Å²) in [6.45, 7) is 1.90. The van der Waals surface area contributed by atoms with Crippen LogP contribution in [0.25, 0.3) is 10.8 Å². The molecule has 0 atom stereocenters. The van der Waals surface area contributed by atoms with E-state index in [0.29, 0.717) is 17.2 Å². The molecule has 0 saturated heterocycles. The first-order valence-electron chi connectivity index (χ1n) is 7.90. The summed E-state index contributed by atoms with van der Waals surface area (Å²) in [5.41, 5.74) is 2.30. The predicted molar refractivity (Wildman–Crippen MR) is 101 cm³/mol. The van der Waals surface area contributed by atoms with E-state index in [2.05, 4.69) is 10.6 Å². The van der Waals surface area contributed by atoms with Crippen molar-refractivity contribution in [2.45, 2.75) is 6.92 Å². The van der Waals surface area contributed by atoms with E-state index in [1.54, 1.807) is 20.3 Å². The van der Waals surface area contributed by atoms with Gasteiger partial charge in [0.05, 0.1) is 19.9 Å². The molecule has 5 nitrogen and oxygen atoms in total. The minimum absolute atomic E-state index is 0.313. The van der Waals surface area contributed by atoms with Gasteiger partial charge in [-0.3, -0.25) is 0 Å². The SMILES string of the molecule is COc1cc(C)c(NC(=O)Nc2cccc3ccccc23)cc1OC. The molecule has 0 fully saturated rings. The summed E-state index contributed by atoms with van der Waals surface area (Å²) in [7, 11) is 3.14. The summed E-state index contributed by atoms with van der Waals surface area (Å²) in [4.78, 5) is 12.4. The number of aryl methyl sites for hydroxylation is 1. The van der Waals surface area contributed by atoms with Crippen LogP contribution >= 0.6 is 0 Å². The van der Waals surface area contributed by atoms with E-state index in [9.17, 15) is 4.79 Å². The fraction of sp³-hybridized carbons (Fsp3) is 0.150. The van der Waals surface area contributed by atoms with Crippen LogP contribution in [0.2, 0.25) is 0 Å². The van der Waals surface area contributed by atoms with E-state index >= 15 is 0 Å². The Hall–Kier alpha value is -3.21. The molecule has 3 aromatic carbocycles. The molecule has 0 radical (unpaired) electrons. The molecular formula is C20H20N2O3. The molecule has 3 aromatic rings. The minimum Gasteiger partial charge on any atom is -0.493 e. The Balaban J connectivity index is 1.83. The number of amides is 2. The number of carbonyl (C=O) groups excluding carboxylic acids is 1. The van der Waals surface area contributed by atoms with Crippen LogP contribution in [0.4, 0.5) is 16.2 Å². The highest BCUT2D eigenvalue weighted by atomic mass is 16.5. The largest absolute Gasteiger partial charge is 0.493 e. The highest BCUT2D eigenvalue weighted by Crippen LogP contribution is 2.33. The van der Waals surface area contributed by atoms with Gasteiger partial charge in [0.15, 0.2) is 11.5 Å². The van der Waals surface area contributed by atoms with Gasteiger partial charge in [-0.1, -0.05) is 36.4 Å². The quantitative estimate of drug-likeness (QED) is 0.719. The molecule has 3 rings (SSSR count). The fourth-order valence-corrected chi connectivity index (χ4v) is 2.73. The van der Waals surface area contributed by atoms with Gasteiger partial charge in [0.1, 0.15) is 0 Å². The van der Waals surface area contributed by atoms with Crippen LogP contribution in [0.5, 0.6) is 11.5 Å². The Morgan fingerprint density at radius 1 is 0.840 bits per heavy atom. The Bertz CT molecular complexity index is 917. The van der Waals surface area contributed by atoms with Gasteiger partial charge in [-0.15, -0.1) is 0 Å². The number of hydrogen-bond acceptors (Lipinski definition) is 3. The van der Waals surface area contributed by atoms with Gasteiger partial charge in [-0.05, 0) is 30.0 Å². The van der Waals surface area contributed by atoms with Crippen LogP contribution < -0.4 is 20.1 Å². The number of nitrogens with one attached hydrogen (secondary N) is 2. The first-order chi connectivity index (χ1) is 12.1. The van der Waals surface area contributed by atoms with Gasteiger partial charge in [0.25, 0.3) is 0 Å². The Labute approximate surface area is 146 Å². The van der Waals surface area contributed by atoms with Crippen LogP contribution in [0.15, 0.2) is 54.6 Å². The smallest absolute Gasteiger partial charge is 0.323 e. The average Bonchev–Trinajstić information content (AvgIpc) is 2.63. The first-order valence-corrected chi connectivity index (χ1v) is 7.90. The van der Waals surface area contributed by atoms with E-state index in [-0.39, 0.29) is 6.03 Å². The van der Waals surface area contributed by atoms with Crippen molar-refractivity contribution in [3.05, 3.63) is 60.2 Å². The van der Waals surface area contributed by atoms with Crippen LogP contribution in [0, 0.1) is 6.92 Å². The number of methoxy groups -OCH3 is 2. The molecule has 5 heteroatoms. The minimum atomic E-state index is -0.313. The monoisotopic (exact) mass is 336 g/mol. The summed E-state index contributed by atoms with van der Waals surface area (Å²) in [6, 6.07) is 17.0. The number of fused-ring (bicyclic) bond motifs is 1. The second-order valence-corrected chi connectivity index (χ2v) is 5.63. The zero-order valence-corrected chi connectivity index (χ0v) is 14.4. The summed E-state index contributed by atoms with van der Waals surface area (Å²) in [5.74, 6) is 1.19. The zero-order chi connectivity index (χ0) is 17.8. The summed E-state index contributed by atoms with van der Waals surface area (Å²) in [6.07, 6.45) is 0. The van der Waals surface area contributed by atoms with Crippen LogP contribution in [0.3, 0.4) is 0 Å². The van der Waals surface area contributed by atoms with Crippen molar-refractivity contribution >= 4 is 28.2 Å². The third kappa shape index (κ3) is 3.50. The topological polar surface area (TPSA) is 59.6 Å². The molecule has 25 heavy (non-hydrogen) atoms. The molecule has 2 amide bonds. The fourth-order valence-electron chi connectivity index (χ4n) is 2.73. The van der Waals surface area contributed by atoms with Gasteiger partial charge < -0.3 is 20.1 Å². The predicted octanol–water partition coefficient (Wildman–Crippen LogP) is 4.81. The van der Waals surface area contributed by atoms with Gasteiger partial charge in [0, 0.05) is 17.1 Å². The second kappa shape index (κ2) is 7.13. The normalized spacial score (nSPS) is 10.4. The number of rotatable bonds is 4. The maximum atomic E-state index is 12.4. The number of ether oxygens (including phenoxy) is 2. The lowest BCUT2D eigenvalue weighted by molar-refractivity contribution is 0.262. The van der Waals surface area contributed by atoms with E-state index in [1.165, 1.54) is 0 Å². The van der Waals surface area contributed by atoms with Crippen molar-refractivity contribution < 1.29 is 14.3 Å². The summed E-state index contributed by atoms with van der Waals surface area (Å²) in [5, 5.41) is 7.83. The average molecular weight is 336 g/mol. The maximum absolute atomic E-state index is 12.4. The number of anilines is 2.